The molecule has 0 aliphatic heterocycles. The lowest BCUT2D eigenvalue weighted by Gasteiger charge is -2.18. The first-order valence-corrected chi connectivity index (χ1v) is 6.72. The van der Waals surface area contributed by atoms with E-state index in [2.05, 4.69) is 5.32 Å². The summed E-state index contributed by atoms with van der Waals surface area (Å²) in [6, 6.07) is 7.67. The van der Waals surface area contributed by atoms with Crippen molar-refractivity contribution >= 4 is 5.91 Å². The van der Waals surface area contributed by atoms with Crippen LogP contribution in [0.15, 0.2) is 36.4 Å². The van der Waals surface area contributed by atoms with Crippen molar-refractivity contribution in [3.63, 3.8) is 0 Å². The number of benzene rings is 2. The highest BCUT2D eigenvalue weighted by molar-refractivity contribution is 5.97. The number of hydrogen-bond donors (Lipinski definition) is 3. The maximum absolute atomic E-state index is 13.7. The molecule has 0 saturated heterocycles. The molecule has 0 saturated carbocycles. The summed E-state index contributed by atoms with van der Waals surface area (Å²) in [7, 11) is 0. The van der Waals surface area contributed by atoms with Crippen LogP contribution in [0.2, 0.25) is 0 Å². The van der Waals surface area contributed by atoms with Gasteiger partial charge in [-0.15, -0.1) is 0 Å². The number of amides is 1. The standard InChI is InChI=1S/C16H13F2NO3/c17-9-6-11(18)14(12(20)7-9)16(22)19-15-10-4-2-1-3-8(10)5-13(15)21/h1-4,6-7,13,15,20-21H,5H2,(H,19,22)/t13-,15+/m1/s1. The Labute approximate surface area is 125 Å². The second kappa shape index (κ2) is 5.38. The molecule has 1 aliphatic rings. The second-order valence-electron chi connectivity index (χ2n) is 5.20. The first-order chi connectivity index (χ1) is 10.5. The molecule has 3 rings (SSSR count). The van der Waals surface area contributed by atoms with Gasteiger partial charge in [-0.05, 0) is 11.1 Å². The van der Waals surface area contributed by atoms with Crippen molar-refractivity contribution < 1.29 is 23.8 Å². The fourth-order valence-corrected chi connectivity index (χ4v) is 2.75. The molecular formula is C16H13F2NO3. The molecule has 0 aromatic heterocycles. The number of carbonyl (C=O) groups excluding carboxylic acids is 1. The zero-order valence-corrected chi connectivity index (χ0v) is 11.4. The van der Waals surface area contributed by atoms with Gasteiger partial charge in [-0.25, -0.2) is 8.78 Å². The van der Waals surface area contributed by atoms with Crippen LogP contribution in [0, 0.1) is 11.6 Å². The van der Waals surface area contributed by atoms with Crippen LogP contribution in [0.5, 0.6) is 5.75 Å². The largest absolute Gasteiger partial charge is 0.507 e. The number of carbonyl (C=O) groups is 1. The van der Waals surface area contributed by atoms with E-state index in [9.17, 15) is 23.8 Å². The minimum absolute atomic E-state index is 0.374. The molecule has 0 unspecified atom stereocenters. The van der Waals surface area contributed by atoms with Crippen molar-refractivity contribution in [2.24, 2.45) is 0 Å². The minimum Gasteiger partial charge on any atom is -0.507 e. The van der Waals surface area contributed by atoms with E-state index < -0.39 is 41.0 Å². The van der Waals surface area contributed by atoms with Crippen molar-refractivity contribution in [2.75, 3.05) is 0 Å². The Kier molecular flexibility index (Phi) is 3.54. The van der Waals surface area contributed by atoms with Gasteiger partial charge in [0, 0.05) is 18.6 Å². The predicted molar refractivity (Wildman–Crippen MR) is 74.4 cm³/mol. The van der Waals surface area contributed by atoms with Gasteiger partial charge >= 0.3 is 0 Å². The summed E-state index contributed by atoms with van der Waals surface area (Å²) in [6.45, 7) is 0. The molecule has 2 atom stereocenters. The van der Waals surface area contributed by atoms with Gasteiger partial charge in [0.25, 0.3) is 5.91 Å². The molecule has 4 nitrogen and oxygen atoms in total. The lowest BCUT2D eigenvalue weighted by molar-refractivity contribution is 0.0851. The van der Waals surface area contributed by atoms with Crippen LogP contribution < -0.4 is 5.32 Å². The average molecular weight is 305 g/mol. The molecule has 2 aromatic carbocycles. The number of phenols is 1. The van der Waals surface area contributed by atoms with Gasteiger partial charge < -0.3 is 15.5 Å². The molecule has 114 valence electrons. The van der Waals surface area contributed by atoms with E-state index in [1.165, 1.54) is 0 Å². The SMILES string of the molecule is O=C(N[C@H]1c2ccccc2C[C@H]1O)c1c(O)cc(F)cc1F. The van der Waals surface area contributed by atoms with Crippen LogP contribution in [0.3, 0.4) is 0 Å². The number of rotatable bonds is 2. The molecule has 0 bridgehead atoms. The number of aliphatic hydroxyl groups is 1. The van der Waals surface area contributed by atoms with Gasteiger partial charge in [-0.3, -0.25) is 4.79 Å². The van der Waals surface area contributed by atoms with Gasteiger partial charge in [-0.2, -0.15) is 0 Å². The van der Waals surface area contributed by atoms with Crippen molar-refractivity contribution in [1.29, 1.82) is 0 Å². The number of halogens is 2. The Bertz CT molecular complexity index is 725. The lowest BCUT2D eigenvalue weighted by Crippen LogP contribution is -2.34. The van der Waals surface area contributed by atoms with Crippen molar-refractivity contribution in [3.05, 3.63) is 64.7 Å². The van der Waals surface area contributed by atoms with Crippen molar-refractivity contribution in [2.45, 2.75) is 18.6 Å². The number of phenolic OH excluding ortho intramolecular Hbond substituents is 1. The Morgan fingerprint density at radius 1 is 1.23 bits per heavy atom. The zero-order chi connectivity index (χ0) is 15.9. The van der Waals surface area contributed by atoms with Crippen LogP contribution in [0.25, 0.3) is 0 Å². The molecule has 3 N–H and O–H groups in total. The summed E-state index contributed by atoms with van der Waals surface area (Å²) in [4.78, 5) is 12.2. The van der Waals surface area contributed by atoms with Gasteiger partial charge in [0.05, 0.1) is 12.1 Å². The second-order valence-corrected chi connectivity index (χ2v) is 5.20. The van der Waals surface area contributed by atoms with Gasteiger partial charge in [0.1, 0.15) is 22.9 Å². The smallest absolute Gasteiger partial charge is 0.258 e. The first-order valence-electron chi connectivity index (χ1n) is 6.72. The predicted octanol–water partition coefficient (Wildman–Crippen LogP) is 2.06. The fraction of sp³-hybridized carbons (Fsp3) is 0.188. The maximum Gasteiger partial charge on any atom is 0.258 e. The summed E-state index contributed by atoms with van der Waals surface area (Å²) < 4.78 is 26.7. The molecule has 1 amide bonds. The minimum atomic E-state index is -1.16. The van der Waals surface area contributed by atoms with E-state index in [1.54, 1.807) is 12.1 Å². The summed E-state index contributed by atoms with van der Waals surface area (Å²) >= 11 is 0. The normalized spacial score (nSPS) is 19.8. The summed E-state index contributed by atoms with van der Waals surface area (Å²) in [5.74, 6) is -3.82. The molecule has 22 heavy (non-hydrogen) atoms. The Balaban J connectivity index is 1.90. The highest BCUT2D eigenvalue weighted by Gasteiger charge is 2.33. The van der Waals surface area contributed by atoms with E-state index in [1.807, 2.05) is 12.1 Å². The van der Waals surface area contributed by atoms with Gasteiger partial charge in [-0.1, -0.05) is 24.3 Å². The Hall–Kier alpha value is -2.47. The molecular weight excluding hydrogens is 292 g/mol. The van der Waals surface area contributed by atoms with Gasteiger partial charge in [0.2, 0.25) is 0 Å². The molecule has 6 heteroatoms. The summed E-state index contributed by atoms with van der Waals surface area (Å²) in [5.41, 5.74) is 0.993. The number of aromatic hydroxyl groups is 1. The van der Waals surface area contributed by atoms with E-state index in [0.29, 0.717) is 18.6 Å². The maximum atomic E-state index is 13.7. The average Bonchev–Trinajstić information content (AvgIpc) is 2.74. The number of fused-ring (bicyclic) bond motifs is 1. The van der Waals surface area contributed by atoms with Crippen LogP contribution >= 0.6 is 0 Å². The molecule has 0 spiro atoms. The number of aliphatic hydroxyl groups excluding tert-OH is 1. The quantitative estimate of drug-likeness (QED) is 0.795. The first kappa shape index (κ1) is 14.5. The molecule has 0 radical (unpaired) electrons. The van der Waals surface area contributed by atoms with E-state index >= 15 is 0 Å². The van der Waals surface area contributed by atoms with Crippen LogP contribution in [-0.4, -0.2) is 22.2 Å². The Morgan fingerprint density at radius 3 is 2.68 bits per heavy atom. The molecule has 2 aromatic rings. The van der Waals surface area contributed by atoms with E-state index in [-0.39, 0.29) is 0 Å². The van der Waals surface area contributed by atoms with E-state index in [4.69, 9.17) is 0 Å². The summed E-state index contributed by atoms with van der Waals surface area (Å²) in [5, 5.41) is 22.1. The third-order valence-electron chi connectivity index (χ3n) is 3.75. The molecule has 0 heterocycles. The van der Waals surface area contributed by atoms with Crippen molar-refractivity contribution in [3.8, 4) is 5.75 Å². The van der Waals surface area contributed by atoms with Crippen LogP contribution in [0.1, 0.15) is 27.5 Å². The van der Waals surface area contributed by atoms with Crippen LogP contribution in [-0.2, 0) is 6.42 Å². The third kappa shape index (κ3) is 2.42. The third-order valence-corrected chi connectivity index (χ3v) is 3.75. The number of nitrogens with one attached hydrogen (secondary N) is 1. The van der Waals surface area contributed by atoms with Gasteiger partial charge in [0.15, 0.2) is 0 Å². The van der Waals surface area contributed by atoms with Crippen molar-refractivity contribution in [1.82, 2.24) is 5.32 Å². The lowest BCUT2D eigenvalue weighted by atomic mass is 10.1. The summed E-state index contributed by atoms with van der Waals surface area (Å²) in [6.07, 6.45) is -0.467. The number of hydrogen-bond acceptors (Lipinski definition) is 3. The zero-order valence-electron chi connectivity index (χ0n) is 11.4. The fourth-order valence-electron chi connectivity index (χ4n) is 2.75. The topological polar surface area (TPSA) is 69.6 Å². The monoisotopic (exact) mass is 305 g/mol. The Morgan fingerprint density at radius 2 is 1.95 bits per heavy atom. The van der Waals surface area contributed by atoms with E-state index in [0.717, 1.165) is 11.1 Å². The molecule has 0 fully saturated rings. The highest BCUT2D eigenvalue weighted by atomic mass is 19.1. The highest BCUT2D eigenvalue weighted by Crippen LogP contribution is 2.32. The molecule has 1 aliphatic carbocycles. The van der Waals surface area contributed by atoms with Crippen LogP contribution in [0.4, 0.5) is 8.78 Å².